The van der Waals surface area contributed by atoms with Gasteiger partial charge in [-0.25, -0.2) is 4.79 Å². The minimum absolute atomic E-state index is 0.573. The minimum atomic E-state index is -0.769. The van der Waals surface area contributed by atoms with E-state index in [-0.39, 0.29) is 0 Å². The molecule has 0 spiro atoms. The second-order valence-corrected chi connectivity index (χ2v) is 4.45. The van der Waals surface area contributed by atoms with Crippen molar-refractivity contribution in [3.8, 4) is 0 Å². The van der Waals surface area contributed by atoms with Gasteiger partial charge >= 0.3 is 6.09 Å². The molecule has 2 fully saturated rings. The molecule has 1 saturated carbocycles. The van der Waals surface area contributed by atoms with E-state index < -0.39 is 6.09 Å². The highest BCUT2D eigenvalue weighted by molar-refractivity contribution is 5.66. The number of carbonyl (C=O) groups is 1. The van der Waals surface area contributed by atoms with E-state index in [1.807, 2.05) is 6.07 Å². The maximum atomic E-state index is 10.7. The Morgan fingerprint density at radius 1 is 1.20 bits per heavy atom. The predicted molar refractivity (Wildman–Crippen MR) is 55.8 cm³/mol. The molecule has 0 radical (unpaired) electrons. The van der Waals surface area contributed by atoms with E-state index in [4.69, 9.17) is 5.11 Å². The SMILES string of the molecule is O=C(O)N1CC2C(C1)C2c1ccccc1. The molecular weight excluding hydrogens is 190 g/mol. The Kier molecular flexibility index (Phi) is 1.75. The Hall–Kier alpha value is -1.51. The van der Waals surface area contributed by atoms with Crippen LogP contribution in [-0.2, 0) is 0 Å². The molecule has 1 heterocycles. The second-order valence-electron chi connectivity index (χ2n) is 4.45. The summed E-state index contributed by atoms with van der Waals surface area (Å²) in [5, 5.41) is 8.83. The molecule has 1 saturated heterocycles. The molecular formula is C12H13NO2. The molecule has 3 nitrogen and oxygen atoms in total. The fourth-order valence-electron chi connectivity index (χ4n) is 2.85. The van der Waals surface area contributed by atoms with E-state index in [1.54, 1.807) is 0 Å². The van der Waals surface area contributed by atoms with Gasteiger partial charge in [-0.3, -0.25) is 0 Å². The summed E-state index contributed by atoms with van der Waals surface area (Å²) in [7, 11) is 0. The number of piperidine rings is 1. The van der Waals surface area contributed by atoms with E-state index in [0.717, 1.165) is 13.1 Å². The highest BCUT2D eigenvalue weighted by Gasteiger charge is 2.57. The molecule has 2 aliphatic rings. The average molecular weight is 203 g/mol. The van der Waals surface area contributed by atoms with E-state index in [1.165, 1.54) is 10.5 Å². The maximum absolute atomic E-state index is 10.7. The van der Waals surface area contributed by atoms with Crippen molar-refractivity contribution in [2.75, 3.05) is 13.1 Å². The van der Waals surface area contributed by atoms with Crippen LogP contribution in [0.3, 0.4) is 0 Å². The lowest BCUT2D eigenvalue weighted by atomic mass is 10.1. The molecule has 78 valence electrons. The van der Waals surface area contributed by atoms with Gasteiger partial charge in [0.25, 0.3) is 0 Å². The lowest BCUT2D eigenvalue weighted by molar-refractivity contribution is 0.150. The Bertz CT molecular complexity index is 378. The van der Waals surface area contributed by atoms with Crippen molar-refractivity contribution in [3.63, 3.8) is 0 Å². The van der Waals surface area contributed by atoms with E-state index in [0.29, 0.717) is 17.8 Å². The number of rotatable bonds is 1. The molecule has 0 aromatic heterocycles. The van der Waals surface area contributed by atoms with Crippen LogP contribution in [0.25, 0.3) is 0 Å². The van der Waals surface area contributed by atoms with Crippen molar-refractivity contribution < 1.29 is 9.90 Å². The normalized spacial score (nSPS) is 32.5. The van der Waals surface area contributed by atoms with Gasteiger partial charge in [-0.2, -0.15) is 0 Å². The first-order chi connectivity index (χ1) is 7.27. The van der Waals surface area contributed by atoms with Crippen molar-refractivity contribution in [1.82, 2.24) is 4.90 Å². The summed E-state index contributed by atoms with van der Waals surface area (Å²) < 4.78 is 0. The molecule has 1 amide bonds. The highest BCUT2D eigenvalue weighted by Crippen LogP contribution is 2.57. The maximum Gasteiger partial charge on any atom is 0.407 e. The Morgan fingerprint density at radius 3 is 2.33 bits per heavy atom. The van der Waals surface area contributed by atoms with Gasteiger partial charge in [0, 0.05) is 13.1 Å². The molecule has 0 bridgehead atoms. The third kappa shape index (κ3) is 1.30. The number of benzene rings is 1. The van der Waals surface area contributed by atoms with Crippen LogP contribution in [0.2, 0.25) is 0 Å². The first-order valence-electron chi connectivity index (χ1n) is 5.30. The lowest BCUT2D eigenvalue weighted by Crippen LogP contribution is -2.29. The summed E-state index contributed by atoms with van der Waals surface area (Å²) in [6.07, 6.45) is -0.769. The molecule has 1 N–H and O–H groups in total. The summed E-state index contributed by atoms with van der Waals surface area (Å²) in [4.78, 5) is 12.3. The zero-order valence-corrected chi connectivity index (χ0v) is 8.34. The van der Waals surface area contributed by atoms with Gasteiger partial charge in [0.15, 0.2) is 0 Å². The van der Waals surface area contributed by atoms with Gasteiger partial charge in [0.2, 0.25) is 0 Å². The van der Waals surface area contributed by atoms with Crippen LogP contribution in [0.5, 0.6) is 0 Å². The highest BCUT2D eigenvalue weighted by atomic mass is 16.4. The van der Waals surface area contributed by atoms with Gasteiger partial charge in [0.05, 0.1) is 0 Å². The summed E-state index contributed by atoms with van der Waals surface area (Å²) in [6.45, 7) is 1.44. The molecule has 2 unspecified atom stereocenters. The van der Waals surface area contributed by atoms with Crippen LogP contribution in [-0.4, -0.2) is 29.2 Å². The van der Waals surface area contributed by atoms with Crippen LogP contribution in [0.15, 0.2) is 30.3 Å². The molecule has 2 atom stereocenters. The first kappa shape index (κ1) is 8.77. The van der Waals surface area contributed by atoms with Crippen molar-refractivity contribution in [3.05, 3.63) is 35.9 Å². The van der Waals surface area contributed by atoms with E-state index in [9.17, 15) is 4.79 Å². The topological polar surface area (TPSA) is 40.5 Å². The number of carboxylic acid groups (broad SMARTS) is 1. The van der Waals surface area contributed by atoms with Crippen molar-refractivity contribution in [2.45, 2.75) is 5.92 Å². The smallest absolute Gasteiger partial charge is 0.407 e. The molecule has 3 rings (SSSR count). The number of likely N-dealkylation sites (tertiary alicyclic amines) is 1. The summed E-state index contributed by atoms with van der Waals surface area (Å²) in [5.41, 5.74) is 1.37. The lowest BCUT2D eigenvalue weighted by Gasteiger charge is -2.15. The first-order valence-corrected chi connectivity index (χ1v) is 5.30. The van der Waals surface area contributed by atoms with Crippen molar-refractivity contribution in [1.29, 1.82) is 0 Å². The fraction of sp³-hybridized carbons (Fsp3) is 0.417. The number of amides is 1. The standard InChI is InChI=1S/C12H13NO2/c14-12(15)13-6-9-10(7-13)11(9)8-4-2-1-3-5-8/h1-5,9-11H,6-7H2,(H,14,15). The van der Waals surface area contributed by atoms with Gasteiger partial charge in [0.1, 0.15) is 0 Å². The Morgan fingerprint density at radius 2 is 1.80 bits per heavy atom. The minimum Gasteiger partial charge on any atom is -0.465 e. The number of hydrogen-bond acceptors (Lipinski definition) is 1. The molecule has 1 aromatic rings. The van der Waals surface area contributed by atoms with Gasteiger partial charge < -0.3 is 10.0 Å². The third-order valence-electron chi connectivity index (χ3n) is 3.65. The van der Waals surface area contributed by atoms with Crippen molar-refractivity contribution in [2.24, 2.45) is 11.8 Å². The van der Waals surface area contributed by atoms with Crippen LogP contribution in [0.1, 0.15) is 11.5 Å². The molecule has 15 heavy (non-hydrogen) atoms. The van der Waals surface area contributed by atoms with Crippen LogP contribution in [0.4, 0.5) is 4.79 Å². The Balaban J connectivity index is 1.71. The molecule has 1 aliphatic heterocycles. The van der Waals surface area contributed by atoms with Gasteiger partial charge in [-0.1, -0.05) is 30.3 Å². The summed E-state index contributed by atoms with van der Waals surface area (Å²) >= 11 is 0. The number of hydrogen-bond donors (Lipinski definition) is 1. The van der Waals surface area contributed by atoms with E-state index >= 15 is 0 Å². The predicted octanol–water partition coefficient (Wildman–Crippen LogP) is 2.01. The van der Waals surface area contributed by atoms with E-state index in [2.05, 4.69) is 24.3 Å². The third-order valence-corrected chi connectivity index (χ3v) is 3.65. The molecule has 1 aliphatic carbocycles. The van der Waals surface area contributed by atoms with Gasteiger partial charge in [-0.05, 0) is 23.3 Å². The molecule has 3 heteroatoms. The number of fused-ring (bicyclic) bond motifs is 1. The molecule has 1 aromatic carbocycles. The van der Waals surface area contributed by atoms with Crippen LogP contribution < -0.4 is 0 Å². The monoisotopic (exact) mass is 203 g/mol. The summed E-state index contributed by atoms with van der Waals surface area (Å²) in [5.74, 6) is 1.76. The van der Waals surface area contributed by atoms with Crippen LogP contribution >= 0.6 is 0 Å². The quantitative estimate of drug-likeness (QED) is 0.758. The van der Waals surface area contributed by atoms with Gasteiger partial charge in [-0.15, -0.1) is 0 Å². The summed E-state index contributed by atoms with van der Waals surface area (Å²) in [6, 6.07) is 10.4. The Labute approximate surface area is 88.3 Å². The fourth-order valence-corrected chi connectivity index (χ4v) is 2.85. The number of nitrogens with zero attached hydrogens (tertiary/aromatic N) is 1. The second kappa shape index (κ2) is 2.99. The van der Waals surface area contributed by atoms with Crippen molar-refractivity contribution >= 4 is 6.09 Å². The van der Waals surface area contributed by atoms with Crippen LogP contribution in [0, 0.1) is 11.8 Å². The largest absolute Gasteiger partial charge is 0.465 e. The zero-order valence-electron chi connectivity index (χ0n) is 8.34. The zero-order chi connectivity index (χ0) is 10.4. The average Bonchev–Trinajstić information content (AvgIpc) is 2.74.